The zero-order valence-corrected chi connectivity index (χ0v) is 12.5. The molecule has 20 heavy (non-hydrogen) atoms. The second kappa shape index (κ2) is 7.38. The van der Waals surface area contributed by atoms with Gasteiger partial charge < -0.3 is 14.2 Å². The summed E-state index contributed by atoms with van der Waals surface area (Å²) in [7, 11) is 0. The number of nitrogens with zero attached hydrogens (tertiary/aromatic N) is 2. The molecule has 5 nitrogen and oxygen atoms in total. The van der Waals surface area contributed by atoms with Gasteiger partial charge in [-0.1, -0.05) is 0 Å². The minimum Gasteiger partial charge on any atom is -0.459 e. The van der Waals surface area contributed by atoms with E-state index >= 15 is 0 Å². The second-order valence-electron chi connectivity index (χ2n) is 4.75. The van der Waals surface area contributed by atoms with Crippen LogP contribution in [0.2, 0.25) is 0 Å². The van der Waals surface area contributed by atoms with Gasteiger partial charge in [0.1, 0.15) is 0 Å². The first kappa shape index (κ1) is 15.0. The minimum absolute atomic E-state index is 0.0931. The maximum absolute atomic E-state index is 12.1. The standard InChI is InChI=1S/C14H20N2O3S/c1-20-11-3-5-13(17)15-6-8-16(9-7-15)14(18)12-4-2-10-19-12/h2,4,10H,3,5-9,11H2,1H3. The Labute approximate surface area is 123 Å². The number of furan rings is 1. The molecule has 0 unspecified atom stereocenters. The van der Waals surface area contributed by atoms with E-state index in [1.165, 1.54) is 6.26 Å². The monoisotopic (exact) mass is 296 g/mol. The summed E-state index contributed by atoms with van der Waals surface area (Å²) >= 11 is 1.76. The van der Waals surface area contributed by atoms with Crippen molar-refractivity contribution in [1.29, 1.82) is 0 Å². The highest BCUT2D eigenvalue weighted by molar-refractivity contribution is 7.98. The fourth-order valence-corrected chi connectivity index (χ4v) is 2.67. The third-order valence-corrected chi connectivity index (χ3v) is 4.09. The maximum Gasteiger partial charge on any atom is 0.289 e. The molecule has 0 radical (unpaired) electrons. The Balaban J connectivity index is 1.77. The van der Waals surface area contributed by atoms with Crippen LogP contribution in [0, 0.1) is 0 Å². The maximum atomic E-state index is 12.1. The normalized spacial score (nSPS) is 15.4. The van der Waals surface area contributed by atoms with E-state index in [1.54, 1.807) is 28.8 Å². The van der Waals surface area contributed by atoms with Crippen molar-refractivity contribution in [2.45, 2.75) is 12.8 Å². The largest absolute Gasteiger partial charge is 0.459 e. The molecule has 0 aromatic carbocycles. The van der Waals surface area contributed by atoms with Crippen molar-refractivity contribution in [2.75, 3.05) is 38.2 Å². The van der Waals surface area contributed by atoms with Gasteiger partial charge in [0.2, 0.25) is 5.91 Å². The number of carbonyl (C=O) groups is 2. The zero-order valence-electron chi connectivity index (χ0n) is 11.7. The first-order valence-corrected chi connectivity index (χ1v) is 8.21. The third kappa shape index (κ3) is 3.79. The summed E-state index contributed by atoms with van der Waals surface area (Å²) in [6.07, 6.45) is 5.07. The van der Waals surface area contributed by atoms with E-state index in [4.69, 9.17) is 4.42 Å². The highest BCUT2D eigenvalue weighted by Gasteiger charge is 2.25. The van der Waals surface area contributed by atoms with Gasteiger partial charge in [-0.05, 0) is 30.6 Å². The highest BCUT2D eigenvalue weighted by Crippen LogP contribution is 2.11. The molecule has 1 fully saturated rings. The number of hydrogen-bond acceptors (Lipinski definition) is 4. The van der Waals surface area contributed by atoms with Crippen LogP contribution < -0.4 is 0 Å². The Morgan fingerprint density at radius 1 is 1.25 bits per heavy atom. The molecule has 1 aliphatic rings. The summed E-state index contributed by atoms with van der Waals surface area (Å²) in [6, 6.07) is 3.38. The summed E-state index contributed by atoms with van der Waals surface area (Å²) in [5, 5.41) is 0. The lowest BCUT2D eigenvalue weighted by atomic mass is 10.2. The van der Waals surface area contributed by atoms with E-state index in [1.807, 2.05) is 11.2 Å². The van der Waals surface area contributed by atoms with E-state index in [2.05, 4.69) is 0 Å². The lowest BCUT2D eigenvalue weighted by Gasteiger charge is -2.34. The van der Waals surface area contributed by atoms with Crippen LogP contribution in [-0.4, -0.2) is 59.8 Å². The van der Waals surface area contributed by atoms with E-state index in [0.29, 0.717) is 38.4 Å². The van der Waals surface area contributed by atoms with E-state index < -0.39 is 0 Å². The zero-order chi connectivity index (χ0) is 14.4. The molecule has 2 rings (SSSR count). The molecule has 0 spiro atoms. The van der Waals surface area contributed by atoms with Gasteiger partial charge in [0, 0.05) is 32.6 Å². The smallest absolute Gasteiger partial charge is 0.289 e. The molecule has 1 saturated heterocycles. The van der Waals surface area contributed by atoms with Crippen molar-refractivity contribution in [1.82, 2.24) is 9.80 Å². The quantitative estimate of drug-likeness (QED) is 0.776. The van der Waals surface area contributed by atoms with Gasteiger partial charge in [0.05, 0.1) is 6.26 Å². The first-order chi connectivity index (χ1) is 9.72. The number of thioether (sulfide) groups is 1. The molecule has 1 aromatic heterocycles. The summed E-state index contributed by atoms with van der Waals surface area (Å²) in [5.74, 6) is 1.49. The van der Waals surface area contributed by atoms with Gasteiger partial charge in [-0.25, -0.2) is 0 Å². The molecule has 0 atom stereocenters. The van der Waals surface area contributed by atoms with Crippen molar-refractivity contribution in [3.8, 4) is 0 Å². The van der Waals surface area contributed by atoms with Crippen molar-refractivity contribution in [3.63, 3.8) is 0 Å². The van der Waals surface area contributed by atoms with Crippen LogP contribution in [0.1, 0.15) is 23.4 Å². The molecule has 0 saturated carbocycles. The van der Waals surface area contributed by atoms with Crippen molar-refractivity contribution in [3.05, 3.63) is 24.2 Å². The van der Waals surface area contributed by atoms with Gasteiger partial charge in [0.25, 0.3) is 5.91 Å². The Bertz CT molecular complexity index is 439. The number of amides is 2. The van der Waals surface area contributed by atoms with Crippen molar-refractivity contribution < 1.29 is 14.0 Å². The molecule has 1 aliphatic heterocycles. The Hall–Kier alpha value is -1.43. The van der Waals surface area contributed by atoms with E-state index in [9.17, 15) is 9.59 Å². The molecule has 6 heteroatoms. The summed E-state index contributed by atoms with van der Waals surface area (Å²) in [6.45, 7) is 2.39. The molecule has 2 amide bonds. The van der Waals surface area contributed by atoms with Gasteiger partial charge in [-0.2, -0.15) is 11.8 Å². The molecule has 0 N–H and O–H groups in total. The number of carbonyl (C=O) groups excluding carboxylic acids is 2. The van der Waals surface area contributed by atoms with Crippen molar-refractivity contribution in [2.24, 2.45) is 0 Å². The number of piperazine rings is 1. The Morgan fingerprint density at radius 2 is 1.95 bits per heavy atom. The fourth-order valence-electron chi connectivity index (χ4n) is 2.24. The topological polar surface area (TPSA) is 53.8 Å². The second-order valence-corrected chi connectivity index (χ2v) is 5.73. The molecule has 110 valence electrons. The summed E-state index contributed by atoms with van der Waals surface area (Å²) < 4.78 is 5.11. The van der Waals surface area contributed by atoms with Crippen LogP contribution >= 0.6 is 11.8 Å². The molecule has 1 aromatic rings. The van der Waals surface area contributed by atoms with Gasteiger partial charge in [0.15, 0.2) is 5.76 Å². The lowest BCUT2D eigenvalue weighted by molar-refractivity contribution is -0.132. The minimum atomic E-state index is -0.0931. The Morgan fingerprint density at radius 3 is 2.55 bits per heavy atom. The van der Waals surface area contributed by atoms with Crippen LogP contribution in [-0.2, 0) is 4.79 Å². The molecular formula is C14H20N2O3S. The highest BCUT2D eigenvalue weighted by atomic mass is 32.2. The first-order valence-electron chi connectivity index (χ1n) is 6.82. The molecular weight excluding hydrogens is 276 g/mol. The number of hydrogen-bond donors (Lipinski definition) is 0. The molecule has 2 heterocycles. The third-order valence-electron chi connectivity index (χ3n) is 3.39. The van der Waals surface area contributed by atoms with Gasteiger partial charge in [-0.15, -0.1) is 0 Å². The average molecular weight is 296 g/mol. The predicted octanol–water partition coefficient (Wildman–Crippen LogP) is 1.71. The SMILES string of the molecule is CSCCCC(=O)N1CCN(C(=O)c2ccco2)CC1. The van der Waals surface area contributed by atoms with E-state index in [0.717, 1.165) is 12.2 Å². The predicted molar refractivity (Wildman–Crippen MR) is 78.8 cm³/mol. The van der Waals surface area contributed by atoms with Gasteiger partial charge in [-0.3, -0.25) is 9.59 Å². The van der Waals surface area contributed by atoms with Crippen LogP contribution in [0.25, 0.3) is 0 Å². The summed E-state index contributed by atoms with van der Waals surface area (Å²) in [4.78, 5) is 27.6. The van der Waals surface area contributed by atoms with Crippen LogP contribution in [0.3, 0.4) is 0 Å². The Kier molecular flexibility index (Phi) is 5.52. The van der Waals surface area contributed by atoms with Crippen molar-refractivity contribution >= 4 is 23.6 Å². The molecule has 0 aliphatic carbocycles. The molecule has 0 bridgehead atoms. The van der Waals surface area contributed by atoms with Crippen LogP contribution in [0.15, 0.2) is 22.8 Å². The van der Waals surface area contributed by atoms with Crippen LogP contribution in [0.4, 0.5) is 0 Å². The number of rotatable bonds is 5. The fraction of sp³-hybridized carbons (Fsp3) is 0.571. The van der Waals surface area contributed by atoms with Crippen LogP contribution in [0.5, 0.6) is 0 Å². The van der Waals surface area contributed by atoms with E-state index in [-0.39, 0.29) is 11.8 Å². The lowest BCUT2D eigenvalue weighted by Crippen LogP contribution is -2.50. The average Bonchev–Trinajstić information content (AvgIpc) is 3.01. The van der Waals surface area contributed by atoms with Gasteiger partial charge >= 0.3 is 0 Å². The summed E-state index contributed by atoms with van der Waals surface area (Å²) in [5.41, 5.74) is 0.